The van der Waals surface area contributed by atoms with Crippen molar-refractivity contribution < 1.29 is 13.2 Å². The highest BCUT2D eigenvalue weighted by molar-refractivity contribution is 7.90. The summed E-state index contributed by atoms with van der Waals surface area (Å²) in [4.78, 5) is 15.5. The van der Waals surface area contributed by atoms with Crippen molar-refractivity contribution in [3.63, 3.8) is 0 Å². The van der Waals surface area contributed by atoms with Gasteiger partial charge in [-0.3, -0.25) is 4.79 Å². The van der Waals surface area contributed by atoms with Crippen molar-refractivity contribution >= 4 is 39.0 Å². The molecule has 6 heteroatoms. The number of unbranched alkanes of at least 4 members (excludes halogenated alkanes) is 1. The Morgan fingerprint density at radius 1 is 0.939 bits per heavy atom. The van der Waals surface area contributed by atoms with Gasteiger partial charge in [-0.25, -0.2) is 0 Å². The SMILES string of the molecule is CCCCN1C(=O)/C(=C(\C=N/S(=O)(=O)c2ccc(C)cc2)c2ccccc2)c2ccccc21. The van der Waals surface area contributed by atoms with E-state index < -0.39 is 10.0 Å². The molecule has 1 aliphatic rings. The van der Waals surface area contributed by atoms with Crippen LogP contribution in [0.5, 0.6) is 0 Å². The molecule has 0 unspecified atom stereocenters. The van der Waals surface area contributed by atoms with E-state index in [9.17, 15) is 13.2 Å². The molecule has 0 spiro atoms. The second-order valence-electron chi connectivity index (χ2n) is 8.00. The molecule has 0 bridgehead atoms. The summed E-state index contributed by atoms with van der Waals surface area (Å²) >= 11 is 0. The van der Waals surface area contributed by atoms with Gasteiger partial charge in [0.05, 0.1) is 16.2 Å². The molecule has 0 fully saturated rings. The molecule has 33 heavy (non-hydrogen) atoms. The monoisotopic (exact) mass is 458 g/mol. The molecule has 0 aromatic heterocycles. The van der Waals surface area contributed by atoms with Crippen molar-refractivity contribution in [2.45, 2.75) is 31.6 Å². The van der Waals surface area contributed by atoms with Gasteiger partial charge in [-0.2, -0.15) is 12.8 Å². The molecule has 1 amide bonds. The summed E-state index contributed by atoms with van der Waals surface area (Å²) in [5.41, 5.74) is 4.28. The van der Waals surface area contributed by atoms with Crippen LogP contribution in [0.1, 0.15) is 36.5 Å². The van der Waals surface area contributed by atoms with E-state index in [1.807, 2.05) is 61.5 Å². The third-order valence-corrected chi connectivity index (χ3v) is 6.90. The van der Waals surface area contributed by atoms with Crippen LogP contribution in [0.3, 0.4) is 0 Å². The van der Waals surface area contributed by atoms with Gasteiger partial charge in [0.1, 0.15) is 0 Å². The van der Waals surface area contributed by atoms with E-state index in [0.717, 1.165) is 35.2 Å². The first-order chi connectivity index (χ1) is 15.9. The summed E-state index contributed by atoms with van der Waals surface area (Å²) in [6.45, 7) is 4.59. The quantitative estimate of drug-likeness (QED) is 0.346. The van der Waals surface area contributed by atoms with Gasteiger partial charge in [0.25, 0.3) is 15.9 Å². The molecule has 0 saturated carbocycles. The number of amides is 1. The Kier molecular flexibility index (Phi) is 6.56. The lowest BCUT2D eigenvalue weighted by molar-refractivity contribution is -0.113. The molecular formula is C27H26N2O3S. The van der Waals surface area contributed by atoms with Crippen LogP contribution in [0.2, 0.25) is 0 Å². The summed E-state index contributed by atoms with van der Waals surface area (Å²) in [5.74, 6) is -0.136. The van der Waals surface area contributed by atoms with Crippen LogP contribution >= 0.6 is 0 Å². The van der Waals surface area contributed by atoms with Crippen molar-refractivity contribution in [1.82, 2.24) is 0 Å². The van der Waals surface area contributed by atoms with Crippen LogP contribution in [0.25, 0.3) is 11.1 Å². The van der Waals surface area contributed by atoms with Crippen molar-refractivity contribution in [3.05, 3.63) is 95.6 Å². The number of carbonyl (C=O) groups is 1. The number of carbonyl (C=O) groups excluding carboxylic acids is 1. The van der Waals surface area contributed by atoms with Gasteiger partial charge in [-0.1, -0.05) is 79.6 Å². The maximum absolute atomic E-state index is 13.6. The highest BCUT2D eigenvalue weighted by Gasteiger charge is 2.34. The number of para-hydroxylation sites is 1. The Bertz CT molecular complexity index is 1330. The third-order valence-electron chi connectivity index (χ3n) is 5.65. The lowest BCUT2D eigenvalue weighted by atomic mass is 9.96. The van der Waals surface area contributed by atoms with Gasteiger partial charge in [0.15, 0.2) is 0 Å². The summed E-state index contributed by atoms with van der Waals surface area (Å²) in [7, 11) is -3.92. The molecule has 0 aliphatic carbocycles. The first-order valence-corrected chi connectivity index (χ1v) is 12.4. The molecule has 1 aliphatic heterocycles. The minimum absolute atomic E-state index is 0.115. The van der Waals surface area contributed by atoms with Gasteiger partial charge in [0.2, 0.25) is 0 Å². The van der Waals surface area contributed by atoms with Gasteiger partial charge < -0.3 is 4.90 Å². The molecule has 3 aromatic carbocycles. The van der Waals surface area contributed by atoms with Crippen molar-refractivity contribution in [2.24, 2.45) is 4.40 Å². The Hall–Kier alpha value is -3.51. The van der Waals surface area contributed by atoms with E-state index in [1.165, 1.54) is 6.21 Å². The lowest BCUT2D eigenvalue weighted by Crippen LogP contribution is -2.27. The number of hydrogen-bond donors (Lipinski definition) is 0. The summed E-state index contributed by atoms with van der Waals surface area (Å²) in [6, 6.07) is 23.5. The fraction of sp³-hybridized carbons (Fsp3) is 0.185. The lowest BCUT2D eigenvalue weighted by Gasteiger charge is -2.16. The van der Waals surface area contributed by atoms with E-state index in [2.05, 4.69) is 11.3 Å². The fourth-order valence-corrected chi connectivity index (χ4v) is 4.72. The molecular weight excluding hydrogens is 432 g/mol. The zero-order chi connectivity index (χ0) is 23.4. The maximum atomic E-state index is 13.6. The number of sulfonamides is 1. The number of benzene rings is 3. The highest BCUT2D eigenvalue weighted by atomic mass is 32.2. The van der Waals surface area contributed by atoms with Crippen LogP contribution in [0.15, 0.2) is 88.2 Å². The van der Waals surface area contributed by atoms with Gasteiger partial charge in [-0.05, 0) is 37.1 Å². The summed E-state index contributed by atoms with van der Waals surface area (Å²) in [5, 5.41) is 0. The van der Waals surface area contributed by atoms with Crippen LogP contribution in [0.4, 0.5) is 5.69 Å². The van der Waals surface area contributed by atoms with Crippen LogP contribution in [-0.4, -0.2) is 27.1 Å². The number of allylic oxidation sites excluding steroid dienone is 1. The van der Waals surface area contributed by atoms with E-state index in [4.69, 9.17) is 0 Å². The van der Waals surface area contributed by atoms with E-state index in [1.54, 1.807) is 29.2 Å². The number of anilines is 1. The van der Waals surface area contributed by atoms with Crippen molar-refractivity contribution in [3.8, 4) is 0 Å². The minimum Gasteiger partial charge on any atom is -0.308 e. The number of aryl methyl sites for hydroxylation is 1. The van der Waals surface area contributed by atoms with Gasteiger partial charge in [0, 0.05) is 23.9 Å². The average molecular weight is 459 g/mol. The average Bonchev–Trinajstić information content (AvgIpc) is 3.10. The summed E-state index contributed by atoms with van der Waals surface area (Å²) < 4.78 is 29.8. The minimum atomic E-state index is -3.92. The molecule has 5 nitrogen and oxygen atoms in total. The van der Waals surface area contributed by atoms with Gasteiger partial charge >= 0.3 is 0 Å². The van der Waals surface area contributed by atoms with E-state index in [0.29, 0.717) is 17.7 Å². The first kappa shape index (κ1) is 22.7. The number of hydrogen-bond acceptors (Lipinski definition) is 3. The van der Waals surface area contributed by atoms with Gasteiger partial charge in [-0.15, -0.1) is 0 Å². The Morgan fingerprint density at radius 3 is 2.30 bits per heavy atom. The molecule has 0 radical (unpaired) electrons. The van der Waals surface area contributed by atoms with Crippen molar-refractivity contribution in [1.29, 1.82) is 0 Å². The number of rotatable bonds is 7. The highest BCUT2D eigenvalue weighted by Crippen LogP contribution is 2.40. The summed E-state index contributed by atoms with van der Waals surface area (Å²) in [6.07, 6.45) is 3.16. The predicted molar refractivity (Wildman–Crippen MR) is 134 cm³/mol. The maximum Gasteiger partial charge on any atom is 0.282 e. The Morgan fingerprint density at radius 2 is 1.61 bits per heavy atom. The smallest absolute Gasteiger partial charge is 0.282 e. The molecule has 1 heterocycles. The molecule has 0 N–H and O–H groups in total. The normalized spacial score (nSPS) is 15.2. The second-order valence-corrected chi connectivity index (χ2v) is 9.64. The molecule has 168 valence electrons. The third kappa shape index (κ3) is 4.66. The standard InChI is InChI=1S/C27H26N2O3S/c1-3-4-18-29-25-13-9-8-12-23(25)26(27(29)30)24(21-10-6-5-7-11-21)19-28-33(31,32)22-16-14-20(2)15-17-22/h5-17,19H,3-4,18H2,1-2H3/b26-24+,28-19-. The van der Waals surface area contributed by atoms with E-state index in [-0.39, 0.29) is 10.8 Å². The van der Waals surface area contributed by atoms with Crippen LogP contribution in [0, 0.1) is 6.92 Å². The zero-order valence-electron chi connectivity index (χ0n) is 18.7. The number of fused-ring (bicyclic) bond motifs is 1. The Balaban J connectivity index is 1.87. The number of nitrogens with zero attached hydrogens (tertiary/aromatic N) is 2. The molecule has 4 rings (SSSR count). The van der Waals surface area contributed by atoms with Crippen LogP contribution < -0.4 is 4.90 Å². The second kappa shape index (κ2) is 9.55. The van der Waals surface area contributed by atoms with E-state index >= 15 is 0 Å². The molecule has 3 aromatic rings. The fourth-order valence-electron chi connectivity index (χ4n) is 3.87. The first-order valence-electron chi connectivity index (χ1n) is 11.0. The largest absolute Gasteiger partial charge is 0.308 e. The predicted octanol–water partition coefficient (Wildman–Crippen LogP) is 5.51. The Labute approximate surface area is 195 Å². The zero-order valence-corrected chi connectivity index (χ0v) is 19.5. The van der Waals surface area contributed by atoms with Crippen molar-refractivity contribution in [2.75, 3.05) is 11.4 Å². The molecule has 0 saturated heterocycles. The molecule has 0 atom stereocenters. The topological polar surface area (TPSA) is 66.8 Å². The van der Waals surface area contributed by atoms with Crippen LogP contribution in [-0.2, 0) is 14.8 Å².